The average molecular weight is 1060 g/mol. The van der Waals surface area contributed by atoms with Crippen LogP contribution in [0.2, 0.25) is 0 Å². The monoisotopic (exact) mass is 1060 g/mol. The topological polar surface area (TPSA) is 0 Å². The van der Waals surface area contributed by atoms with Crippen molar-refractivity contribution in [3.05, 3.63) is 162 Å². The molecule has 0 unspecified atom stereocenters. The van der Waals surface area contributed by atoms with Gasteiger partial charge in [0.25, 0.3) is 0 Å². The van der Waals surface area contributed by atoms with Gasteiger partial charge in [-0.05, 0) is 69.5 Å². The highest BCUT2D eigenvalue weighted by molar-refractivity contribution is 7.23. The van der Waals surface area contributed by atoms with Crippen LogP contribution in [0.15, 0.2) is 0 Å². The van der Waals surface area contributed by atoms with E-state index in [9.17, 15) is 0 Å². The van der Waals surface area contributed by atoms with Gasteiger partial charge in [-0.2, -0.15) is 0 Å². The van der Waals surface area contributed by atoms with Gasteiger partial charge in [0.05, 0.1) is 21.5 Å². The molecular weight excluding hydrogens is 1040 g/mol. The SMILES string of the molecule is CCc1c(F)c(F)c(F)c2c(F)c(F)c(F)c([B-](c3c(F)c(F)c(F)c4c(F)c(F)c(F)c(CC)c34)(c3c(F)c(F)c(F)c4c(F)c(F)c(F)c(CC)c34)c3c(F)c(F)c(F)c4c(F)c(F)c(F)c(CC)c34)c12. The third kappa shape index (κ3) is 6.43. The van der Waals surface area contributed by atoms with Crippen LogP contribution in [0.1, 0.15) is 49.9 Å². The fourth-order valence-corrected chi connectivity index (χ4v) is 10.4. The maximum Gasteiger partial charge on any atom is 0.195 e. The van der Waals surface area contributed by atoms with Crippen molar-refractivity contribution < 1.29 is 105 Å². The molecule has 0 nitrogen and oxygen atoms in total. The minimum absolute atomic E-state index is 0.607. The van der Waals surface area contributed by atoms with Gasteiger partial charge in [-0.3, -0.25) is 0 Å². The third-order valence-corrected chi connectivity index (χ3v) is 13.3. The van der Waals surface area contributed by atoms with Crippen molar-refractivity contribution in [2.45, 2.75) is 53.4 Å². The van der Waals surface area contributed by atoms with E-state index in [2.05, 4.69) is 0 Å². The second-order valence-corrected chi connectivity index (χ2v) is 16.4. The first-order valence-electron chi connectivity index (χ1n) is 20.9. The van der Waals surface area contributed by atoms with E-state index in [1.54, 1.807) is 0 Å². The molecule has 0 amide bonds. The number of rotatable bonds is 8. The summed E-state index contributed by atoms with van der Waals surface area (Å²) >= 11 is 0. The smallest absolute Gasteiger partial charge is 0.195 e. The lowest BCUT2D eigenvalue weighted by Gasteiger charge is -2.48. The molecule has 0 radical (unpaired) electrons. The van der Waals surface area contributed by atoms with Crippen LogP contribution >= 0.6 is 0 Å². The molecule has 0 aliphatic heterocycles. The summed E-state index contributed by atoms with van der Waals surface area (Å²) in [7, 11) is 0. The van der Waals surface area contributed by atoms with Crippen LogP contribution < -0.4 is 21.9 Å². The first-order chi connectivity index (χ1) is 34.1. The van der Waals surface area contributed by atoms with Gasteiger partial charge in [-0.1, -0.05) is 27.7 Å². The zero-order valence-electron chi connectivity index (χ0n) is 36.5. The van der Waals surface area contributed by atoms with Crippen molar-refractivity contribution >= 4 is 71.1 Å². The van der Waals surface area contributed by atoms with Crippen molar-refractivity contribution in [2.75, 3.05) is 0 Å². The number of halogens is 24. The van der Waals surface area contributed by atoms with Crippen LogP contribution in [0.5, 0.6) is 0 Å². The van der Waals surface area contributed by atoms with E-state index in [0.717, 1.165) is 0 Å². The van der Waals surface area contributed by atoms with Crippen molar-refractivity contribution in [3.8, 4) is 0 Å². The Morgan fingerprint density at radius 3 is 0.452 bits per heavy atom. The summed E-state index contributed by atoms with van der Waals surface area (Å²) in [5.41, 5.74) is -19.5. The highest BCUT2D eigenvalue weighted by Crippen LogP contribution is 2.43. The van der Waals surface area contributed by atoms with Crippen molar-refractivity contribution in [1.29, 1.82) is 0 Å². The molecule has 8 aromatic rings. The van der Waals surface area contributed by atoms with Crippen LogP contribution in [0.4, 0.5) is 105 Å². The molecule has 25 heteroatoms. The summed E-state index contributed by atoms with van der Waals surface area (Å²) in [5.74, 6) is -74.8. The first-order valence-corrected chi connectivity index (χ1v) is 20.9. The summed E-state index contributed by atoms with van der Waals surface area (Å²) in [5, 5.41) is -19.9. The van der Waals surface area contributed by atoms with E-state index in [4.69, 9.17) is 0 Å². The summed E-state index contributed by atoms with van der Waals surface area (Å²) in [6.07, 6.45) is -13.0. The highest BCUT2D eigenvalue weighted by Gasteiger charge is 2.51. The van der Waals surface area contributed by atoms with Gasteiger partial charge in [0, 0.05) is 0 Å². The van der Waals surface area contributed by atoms with E-state index < -0.39 is 259 Å². The highest BCUT2D eigenvalue weighted by atomic mass is 19.2. The van der Waals surface area contributed by atoms with Crippen LogP contribution in [-0.2, 0) is 25.7 Å². The van der Waals surface area contributed by atoms with Crippen molar-refractivity contribution in [2.24, 2.45) is 0 Å². The van der Waals surface area contributed by atoms with E-state index >= 15 is 105 Å². The minimum atomic E-state index is -7.12. The van der Waals surface area contributed by atoms with Gasteiger partial charge in [0.15, 0.2) is 116 Å². The average Bonchev–Trinajstić information content (AvgIpc) is 3.35. The number of hydrogen-bond acceptors (Lipinski definition) is 0. The molecule has 73 heavy (non-hydrogen) atoms. The largest absolute Gasteiger partial charge is 0.207 e. The van der Waals surface area contributed by atoms with E-state index in [1.165, 1.54) is 0 Å². The van der Waals surface area contributed by atoms with E-state index in [0.29, 0.717) is 27.7 Å². The third-order valence-electron chi connectivity index (χ3n) is 13.3. The molecule has 0 saturated heterocycles. The van der Waals surface area contributed by atoms with Gasteiger partial charge < -0.3 is 0 Å². The number of benzene rings is 8. The van der Waals surface area contributed by atoms with Gasteiger partial charge >= 0.3 is 0 Å². The summed E-state index contributed by atoms with van der Waals surface area (Å²) in [4.78, 5) is 0. The van der Waals surface area contributed by atoms with Gasteiger partial charge in [-0.15, -0.1) is 21.9 Å². The predicted molar refractivity (Wildman–Crippen MR) is 217 cm³/mol. The zero-order chi connectivity index (χ0) is 54.4. The molecular formula is C48H20BF24-. The maximum absolute atomic E-state index is 18.1. The standard InChI is InChI=1S/C48H20BF24/c1-5-9-13-17(29(54)41(66)25(9)50)33(58)45(70)37(62)21(13)49(22-14-10(6-2)26(51)42(67)30(55)18(14)34(59)46(71)38(22)63,23-15-11(7-3)27(52)43(68)31(56)19(15)35(60)47(72)39(23)64)24-16-12(8-4)28(53)44(69)32(57)20(16)36(61)48(73)40(24)65/h5-8H2,1-4H3/q-1. The van der Waals surface area contributed by atoms with Crippen LogP contribution in [0.25, 0.3) is 43.1 Å². The van der Waals surface area contributed by atoms with Gasteiger partial charge in [0.2, 0.25) is 0 Å². The van der Waals surface area contributed by atoms with E-state index in [1.807, 2.05) is 0 Å². The Morgan fingerprint density at radius 2 is 0.315 bits per heavy atom. The Hall–Kier alpha value is -6.82. The molecule has 0 aromatic heterocycles. The van der Waals surface area contributed by atoms with Crippen LogP contribution in [-0.4, -0.2) is 6.15 Å². The Bertz CT molecular complexity index is 3310. The molecule has 0 spiro atoms. The van der Waals surface area contributed by atoms with Gasteiger partial charge in [-0.25, -0.2) is 105 Å². The van der Waals surface area contributed by atoms with Crippen LogP contribution in [0, 0.1) is 140 Å². The first kappa shape index (κ1) is 52.5. The maximum atomic E-state index is 18.1. The molecule has 0 heterocycles. The molecule has 0 bridgehead atoms. The number of aryl methyl sites for hydroxylation is 4. The number of hydrogen-bond donors (Lipinski definition) is 0. The Morgan fingerprint density at radius 1 is 0.178 bits per heavy atom. The quantitative estimate of drug-likeness (QED) is 0.0808. The molecule has 0 fully saturated rings. The molecule has 0 aliphatic carbocycles. The second-order valence-electron chi connectivity index (χ2n) is 16.4. The van der Waals surface area contributed by atoms with Gasteiger partial charge in [0.1, 0.15) is 29.4 Å². The normalized spacial score (nSPS) is 12.3. The summed E-state index contributed by atoms with van der Waals surface area (Å²) in [6, 6.07) is 0. The fourth-order valence-electron chi connectivity index (χ4n) is 10.4. The lowest BCUT2D eigenvalue weighted by Crippen LogP contribution is -2.79. The minimum Gasteiger partial charge on any atom is -0.207 e. The predicted octanol–water partition coefficient (Wildman–Crippen LogP) is 13.3. The molecule has 0 N–H and O–H groups in total. The Labute approximate surface area is 391 Å². The summed E-state index contributed by atoms with van der Waals surface area (Å²) < 4.78 is 398. The second kappa shape index (κ2) is 17.7. The lowest BCUT2D eigenvalue weighted by atomic mass is 9.11. The summed E-state index contributed by atoms with van der Waals surface area (Å²) in [6.45, 7) is 2.43. The van der Waals surface area contributed by atoms with E-state index in [-0.39, 0.29) is 0 Å². The molecule has 8 rings (SSSR count). The lowest BCUT2D eigenvalue weighted by molar-refractivity contribution is 0.433. The Balaban J connectivity index is 2.10. The number of fused-ring (bicyclic) bond motifs is 4. The zero-order valence-corrected chi connectivity index (χ0v) is 36.5. The molecule has 0 atom stereocenters. The van der Waals surface area contributed by atoms with Crippen molar-refractivity contribution in [3.63, 3.8) is 0 Å². The molecule has 0 aliphatic rings. The fraction of sp³-hybridized carbons (Fsp3) is 0.167. The van der Waals surface area contributed by atoms with Crippen molar-refractivity contribution in [1.82, 2.24) is 0 Å². The Kier molecular flexibility index (Phi) is 12.7. The molecule has 8 aromatic carbocycles. The molecule has 384 valence electrons. The van der Waals surface area contributed by atoms with Crippen LogP contribution in [0.3, 0.4) is 0 Å². The molecule has 0 saturated carbocycles.